The molecule has 1 N–H and O–H groups in total. The number of amides is 1. The number of carbonyl (C=O) groups is 2. The van der Waals surface area contributed by atoms with Crippen LogP contribution in [0.3, 0.4) is 0 Å². The lowest BCUT2D eigenvalue weighted by atomic mass is 10.2. The van der Waals surface area contributed by atoms with E-state index >= 15 is 0 Å². The molecule has 0 spiro atoms. The predicted molar refractivity (Wildman–Crippen MR) is 99.1 cm³/mol. The second-order valence-corrected chi connectivity index (χ2v) is 5.78. The predicted octanol–water partition coefficient (Wildman–Crippen LogP) is 3.93. The van der Waals surface area contributed by atoms with E-state index in [9.17, 15) is 9.59 Å². The highest BCUT2D eigenvalue weighted by atomic mass is 35.5. The fourth-order valence-corrected chi connectivity index (χ4v) is 2.35. The van der Waals surface area contributed by atoms with Gasteiger partial charge in [-0.25, -0.2) is 4.79 Å². The highest BCUT2D eigenvalue weighted by Gasteiger charge is 2.18. The topological polar surface area (TPSA) is 73.9 Å². The van der Waals surface area contributed by atoms with Gasteiger partial charge in [0.25, 0.3) is 5.91 Å². The van der Waals surface area contributed by atoms with Crippen LogP contribution in [0.25, 0.3) is 0 Å². The molecule has 0 radical (unpaired) electrons. The van der Waals surface area contributed by atoms with Crippen molar-refractivity contribution in [2.75, 3.05) is 19.0 Å². The third-order valence-electron chi connectivity index (χ3n) is 3.45. The van der Waals surface area contributed by atoms with E-state index < -0.39 is 12.1 Å². The Labute approximate surface area is 157 Å². The van der Waals surface area contributed by atoms with E-state index in [1.54, 1.807) is 50.2 Å². The molecule has 6 nitrogen and oxygen atoms in total. The minimum Gasteiger partial charge on any atom is -0.495 e. The number of halogens is 1. The number of rotatable bonds is 7. The molecule has 0 saturated carbocycles. The first-order chi connectivity index (χ1) is 12.4. The van der Waals surface area contributed by atoms with Crippen molar-refractivity contribution >= 4 is 29.2 Å². The van der Waals surface area contributed by atoms with Crippen LogP contribution in [0.2, 0.25) is 5.02 Å². The molecule has 0 unspecified atom stereocenters. The molecule has 0 aliphatic carbocycles. The molecular weight excluding hydrogens is 358 g/mol. The Hall–Kier alpha value is -2.73. The minimum atomic E-state index is -0.809. The van der Waals surface area contributed by atoms with Gasteiger partial charge in [0.1, 0.15) is 11.5 Å². The van der Waals surface area contributed by atoms with Crippen LogP contribution in [-0.2, 0) is 9.53 Å². The summed E-state index contributed by atoms with van der Waals surface area (Å²) in [4.78, 5) is 24.2. The lowest BCUT2D eigenvalue weighted by Gasteiger charge is -2.16. The minimum absolute atomic E-state index is 0.282. The van der Waals surface area contributed by atoms with Crippen LogP contribution in [-0.4, -0.2) is 31.7 Å². The number of anilines is 1. The monoisotopic (exact) mass is 377 g/mol. The van der Waals surface area contributed by atoms with Crippen LogP contribution in [0.1, 0.15) is 24.2 Å². The van der Waals surface area contributed by atoms with Crippen molar-refractivity contribution in [2.45, 2.75) is 20.0 Å². The molecule has 2 aromatic rings. The van der Waals surface area contributed by atoms with Gasteiger partial charge >= 0.3 is 5.97 Å². The molecule has 1 amide bonds. The van der Waals surface area contributed by atoms with Crippen molar-refractivity contribution in [2.24, 2.45) is 0 Å². The number of ether oxygens (including phenoxy) is 3. The van der Waals surface area contributed by atoms with Crippen LogP contribution in [0, 0.1) is 0 Å². The van der Waals surface area contributed by atoms with Gasteiger partial charge in [-0.3, -0.25) is 4.79 Å². The molecule has 7 heteroatoms. The zero-order valence-electron chi connectivity index (χ0n) is 14.7. The third-order valence-corrected chi connectivity index (χ3v) is 3.68. The number of methoxy groups -OCH3 is 1. The summed E-state index contributed by atoms with van der Waals surface area (Å²) in [6.07, 6.45) is -0.809. The first kappa shape index (κ1) is 19.6. The third kappa shape index (κ3) is 5.13. The zero-order chi connectivity index (χ0) is 19.1. The van der Waals surface area contributed by atoms with Crippen molar-refractivity contribution in [3.8, 4) is 11.5 Å². The summed E-state index contributed by atoms with van der Waals surface area (Å²) < 4.78 is 15.8. The molecule has 0 aliphatic heterocycles. The number of hydrogen-bond acceptors (Lipinski definition) is 5. The van der Waals surface area contributed by atoms with Gasteiger partial charge in [-0.2, -0.15) is 0 Å². The van der Waals surface area contributed by atoms with E-state index in [0.717, 1.165) is 0 Å². The van der Waals surface area contributed by atoms with Crippen LogP contribution < -0.4 is 14.8 Å². The van der Waals surface area contributed by atoms with Gasteiger partial charge in [-0.15, -0.1) is 0 Å². The van der Waals surface area contributed by atoms with Crippen molar-refractivity contribution < 1.29 is 23.8 Å². The zero-order valence-corrected chi connectivity index (χ0v) is 15.5. The second kappa shape index (κ2) is 9.10. The first-order valence-electron chi connectivity index (χ1n) is 8.02. The molecule has 0 heterocycles. The molecule has 138 valence electrons. The number of hydrogen-bond donors (Lipinski definition) is 1. The van der Waals surface area contributed by atoms with Gasteiger partial charge in [0.15, 0.2) is 6.10 Å². The maximum atomic E-state index is 12.4. The average molecular weight is 378 g/mol. The number of carbonyl (C=O) groups excluding carboxylic acids is 2. The lowest BCUT2D eigenvalue weighted by molar-refractivity contribution is -0.122. The van der Waals surface area contributed by atoms with Gasteiger partial charge in [-0.1, -0.05) is 17.7 Å². The molecule has 0 fully saturated rings. The summed E-state index contributed by atoms with van der Waals surface area (Å²) >= 11 is 5.96. The average Bonchev–Trinajstić information content (AvgIpc) is 2.62. The van der Waals surface area contributed by atoms with Crippen LogP contribution >= 0.6 is 11.6 Å². The molecule has 0 aliphatic rings. The van der Waals surface area contributed by atoms with Crippen molar-refractivity contribution in [1.29, 1.82) is 0 Å². The van der Waals surface area contributed by atoms with Gasteiger partial charge in [0.2, 0.25) is 0 Å². The van der Waals surface area contributed by atoms with Gasteiger partial charge in [-0.05, 0) is 50.2 Å². The Balaban J connectivity index is 2.07. The smallest absolute Gasteiger partial charge is 0.338 e. The van der Waals surface area contributed by atoms with E-state index in [4.69, 9.17) is 25.8 Å². The lowest BCUT2D eigenvalue weighted by Crippen LogP contribution is -2.30. The van der Waals surface area contributed by atoms with Gasteiger partial charge < -0.3 is 19.5 Å². The fraction of sp³-hybridized carbons (Fsp3) is 0.263. The summed E-state index contributed by atoms with van der Waals surface area (Å²) in [5, 5.41) is 3.18. The first-order valence-corrected chi connectivity index (χ1v) is 8.40. The Kier molecular flexibility index (Phi) is 6.86. The van der Waals surface area contributed by atoms with Crippen molar-refractivity contribution in [1.82, 2.24) is 0 Å². The highest BCUT2D eigenvalue weighted by molar-refractivity contribution is 6.31. The summed E-state index contributed by atoms with van der Waals surface area (Å²) in [5.74, 6) is 0.0429. The van der Waals surface area contributed by atoms with E-state index in [1.165, 1.54) is 13.2 Å². The maximum Gasteiger partial charge on any atom is 0.338 e. The van der Waals surface area contributed by atoms with Gasteiger partial charge in [0.05, 0.1) is 25.0 Å². The Bertz CT molecular complexity index is 793. The molecule has 2 aromatic carbocycles. The van der Waals surface area contributed by atoms with Crippen LogP contribution in [0.15, 0.2) is 42.5 Å². The molecule has 0 saturated heterocycles. The van der Waals surface area contributed by atoms with Crippen LogP contribution in [0.4, 0.5) is 5.69 Å². The summed E-state index contributed by atoms with van der Waals surface area (Å²) in [5.41, 5.74) is 0.800. The molecule has 1 atom stereocenters. The molecular formula is C19H20ClNO5. The highest BCUT2D eigenvalue weighted by Crippen LogP contribution is 2.28. The fourth-order valence-electron chi connectivity index (χ4n) is 2.18. The molecule has 2 rings (SSSR count). The van der Waals surface area contributed by atoms with E-state index in [0.29, 0.717) is 27.8 Å². The largest absolute Gasteiger partial charge is 0.495 e. The van der Waals surface area contributed by atoms with E-state index in [1.807, 2.05) is 0 Å². The number of esters is 1. The standard InChI is InChI=1S/C19H20ClNO5/c1-4-25-19(23)13-6-5-7-15(10-13)26-12(2)18(22)21-16-11-14(20)8-9-17(16)24-3/h5-12H,4H2,1-3H3,(H,21,22)/t12-/m0/s1. The maximum absolute atomic E-state index is 12.4. The summed E-state index contributed by atoms with van der Waals surface area (Å²) in [7, 11) is 1.50. The SMILES string of the molecule is CCOC(=O)c1cccc(O[C@@H](C)C(=O)Nc2cc(Cl)ccc2OC)c1. The Morgan fingerprint density at radius 3 is 2.65 bits per heavy atom. The molecule has 0 bridgehead atoms. The van der Waals surface area contributed by atoms with E-state index in [2.05, 4.69) is 5.32 Å². The van der Waals surface area contributed by atoms with Crippen LogP contribution in [0.5, 0.6) is 11.5 Å². The number of benzene rings is 2. The van der Waals surface area contributed by atoms with Crippen molar-refractivity contribution in [3.05, 3.63) is 53.1 Å². The van der Waals surface area contributed by atoms with E-state index in [-0.39, 0.29) is 12.5 Å². The summed E-state index contributed by atoms with van der Waals surface area (Å²) in [6, 6.07) is 11.4. The molecule has 0 aromatic heterocycles. The summed E-state index contributed by atoms with van der Waals surface area (Å²) in [6.45, 7) is 3.61. The molecule has 26 heavy (non-hydrogen) atoms. The Morgan fingerprint density at radius 1 is 1.19 bits per heavy atom. The Morgan fingerprint density at radius 2 is 1.96 bits per heavy atom. The van der Waals surface area contributed by atoms with Crippen molar-refractivity contribution in [3.63, 3.8) is 0 Å². The quantitative estimate of drug-likeness (QED) is 0.740. The second-order valence-electron chi connectivity index (χ2n) is 5.34. The normalized spacial score (nSPS) is 11.4. The van der Waals surface area contributed by atoms with Gasteiger partial charge in [0, 0.05) is 5.02 Å². The number of nitrogens with one attached hydrogen (secondary N) is 1.